The largest absolute Gasteiger partial charge is 0.480 e. The number of carboxylic acid groups (broad SMARTS) is 1. The summed E-state index contributed by atoms with van der Waals surface area (Å²) in [4.78, 5) is 25.5. The Morgan fingerprint density at radius 2 is 1.91 bits per heavy atom. The fourth-order valence-electron chi connectivity index (χ4n) is 1.93. The first-order valence-corrected chi connectivity index (χ1v) is 9.01. The lowest BCUT2D eigenvalue weighted by atomic mass is 10.1. The SMILES string of the molecule is C[C@H](CS)C(=O)NC(C(=O)O)C(SCc1ccccc1)N(C)C. The van der Waals surface area contributed by atoms with Crippen LogP contribution in [0.2, 0.25) is 0 Å². The van der Waals surface area contributed by atoms with Gasteiger partial charge < -0.3 is 10.4 Å². The summed E-state index contributed by atoms with van der Waals surface area (Å²) in [6.07, 6.45) is 0. The Morgan fingerprint density at radius 3 is 2.39 bits per heavy atom. The third-order valence-corrected chi connectivity index (χ3v) is 5.43. The quantitative estimate of drug-likeness (QED) is 0.466. The molecule has 7 heteroatoms. The van der Waals surface area contributed by atoms with Gasteiger partial charge in [0.05, 0.1) is 5.37 Å². The Balaban J connectivity index is 2.81. The summed E-state index contributed by atoms with van der Waals surface area (Å²) in [5.74, 6) is -0.612. The summed E-state index contributed by atoms with van der Waals surface area (Å²) in [6.45, 7) is 1.73. The predicted octanol–water partition coefficient (Wildman–Crippen LogP) is 1.94. The van der Waals surface area contributed by atoms with Crippen LogP contribution < -0.4 is 5.32 Å². The topological polar surface area (TPSA) is 69.6 Å². The van der Waals surface area contributed by atoms with E-state index in [0.717, 1.165) is 5.56 Å². The maximum atomic E-state index is 12.0. The lowest BCUT2D eigenvalue weighted by Gasteiger charge is -2.30. The van der Waals surface area contributed by atoms with Crippen molar-refractivity contribution in [2.75, 3.05) is 19.8 Å². The molecule has 0 fully saturated rings. The molecule has 0 aliphatic heterocycles. The van der Waals surface area contributed by atoms with Crippen LogP contribution >= 0.6 is 24.4 Å². The molecule has 0 saturated carbocycles. The van der Waals surface area contributed by atoms with Crippen LogP contribution in [-0.2, 0) is 15.3 Å². The number of nitrogens with zero attached hydrogens (tertiary/aromatic N) is 1. The maximum Gasteiger partial charge on any atom is 0.328 e. The van der Waals surface area contributed by atoms with Crippen LogP contribution in [0.15, 0.2) is 30.3 Å². The predicted molar refractivity (Wildman–Crippen MR) is 97.8 cm³/mol. The van der Waals surface area contributed by atoms with E-state index < -0.39 is 12.0 Å². The molecule has 0 aromatic heterocycles. The molecule has 2 N–H and O–H groups in total. The maximum absolute atomic E-state index is 12.0. The van der Waals surface area contributed by atoms with Gasteiger partial charge in [-0.25, -0.2) is 4.79 Å². The van der Waals surface area contributed by atoms with Crippen LogP contribution in [0.5, 0.6) is 0 Å². The highest BCUT2D eigenvalue weighted by Gasteiger charge is 2.32. The second-order valence-corrected chi connectivity index (χ2v) is 7.03. The number of rotatable bonds is 9. The Hall–Kier alpha value is -1.18. The van der Waals surface area contributed by atoms with Gasteiger partial charge in [0, 0.05) is 17.4 Å². The number of amides is 1. The van der Waals surface area contributed by atoms with Gasteiger partial charge in [-0.15, -0.1) is 11.8 Å². The average molecular weight is 357 g/mol. The number of thioether (sulfide) groups is 1. The number of hydrogen-bond acceptors (Lipinski definition) is 5. The molecule has 0 spiro atoms. The van der Waals surface area contributed by atoms with Gasteiger partial charge in [0.15, 0.2) is 6.04 Å². The van der Waals surface area contributed by atoms with Crippen LogP contribution in [0.4, 0.5) is 0 Å². The monoisotopic (exact) mass is 356 g/mol. The highest BCUT2D eigenvalue weighted by molar-refractivity contribution is 7.99. The molecule has 3 atom stereocenters. The van der Waals surface area contributed by atoms with Crippen molar-refractivity contribution in [3.05, 3.63) is 35.9 Å². The van der Waals surface area contributed by atoms with Crippen LogP contribution in [0.3, 0.4) is 0 Å². The van der Waals surface area contributed by atoms with E-state index in [1.807, 2.05) is 49.3 Å². The van der Waals surface area contributed by atoms with Gasteiger partial charge in [-0.05, 0) is 19.7 Å². The molecule has 0 bridgehead atoms. The summed E-state index contributed by atoms with van der Waals surface area (Å²) in [7, 11) is 3.62. The van der Waals surface area contributed by atoms with Gasteiger partial charge in [-0.3, -0.25) is 9.69 Å². The fraction of sp³-hybridized carbons (Fsp3) is 0.500. The number of carbonyl (C=O) groups is 2. The molecule has 0 saturated heterocycles. The third-order valence-electron chi connectivity index (χ3n) is 3.34. The minimum atomic E-state index is -1.04. The van der Waals surface area contributed by atoms with Crippen LogP contribution in [-0.4, -0.2) is 53.1 Å². The minimum absolute atomic E-state index is 0.292. The Morgan fingerprint density at radius 1 is 1.30 bits per heavy atom. The van der Waals surface area contributed by atoms with Crippen molar-refractivity contribution in [1.29, 1.82) is 0 Å². The molecule has 1 aromatic carbocycles. The Labute approximate surface area is 147 Å². The molecule has 0 heterocycles. The molecule has 5 nitrogen and oxygen atoms in total. The molecule has 23 heavy (non-hydrogen) atoms. The van der Waals surface area contributed by atoms with Crippen molar-refractivity contribution >= 4 is 36.3 Å². The first kappa shape index (κ1) is 19.9. The van der Waals surface area contributed by atoms with E-state index in [9.17, 15) is 14.7 Å². The molecular formula is C16H24N2O3S2. The van der Waals surface area contributed by atoms with Crippen molar-refractivity contribution in [2.45, 2.75) is 24.1 Å². The Bertz CT molecular complexity index is 511. The third kappa shape index (κ3) is 6.45. The zero-order valence-electron chi connectivity index (χ0n) is 13.6. The number of hydrogen-bond donors (Lipinski definition) is 3. The van der Waals surface area contributed by atoms with Crippen molar-refractivity contribution in [3.63, 3.8) is 0 Å². The average Bonchev–Trinajstić information content (AvgIpc) is 2.53. The summed E-state index contributed by atoms with van der Waals surface area (Å²) < 4.78 is 0. The van der Waals surface area contributed by atoms with E-state index in [2.05, 4.69) is 17.9 Å². The smallest absolute Gasteiger partial charge is 0.328 e. The molecule has 2 unspecified atom stereocenters. The zero-order chi connectivity index (χ0) is 17.4. The van der Waals surface area contributed by atoms with Crippen molar-refractivity contribution in [1.82, 2.24) is 10.2 Å². The normalized spacial score (nSPS) is 15.0. The second kappa shape index (κ2) is 9.85. The molecule has 0 aliphatic rings. The fourth-order valence-corrected chi connectivity index (χ4v) is 3.33. The first-order valence-electron chi connectivity index (χ1n) is 7.32. The van der Waals surface area contributed by atoms with Gasteiger partial charge in [-0.2, -0.15) is 12.6 Å². The highest BCUT2D eigenvalue weighted by Crippen LogP contribution is 2.22. The van der Waals surface area contributed by atoms with E-state index in [0.29, 0.717) is 11.5 Å². The van der Waals surface area contributed by atoms with E-state index in [1.54, 1.807) is 6.92 Å². The van der Waals surface area contributed by atoms with Crippen molar-refractivity contribution in [2.24, 2.45) is 5.92 Å². The van der Waals surface area contributed by atoms with Gasteiger partial charge >= 0.3 is 5.97 Å². The number of nitrogens with one attached hydrogen (secondary N) is 1. The summed E-state index contributed by atoms with van der Waals surface area (Å²) >= 11 is 5.58. The van der Waals surface area contributed by atoms with Gasteiger partial charge in [-0.1, -0.05) is 37.3 Å². The van der Waals surface area contributed by atoms with Gasteiger partial charge in [0.25, 0.3) is 0 Å². The van der Waals surface area contributed by atoms with Crippen molar-refractivity contribution in [3.8, 4) is 0 Å². The second-order valence-electron chi connectivity index (χ2n) is 5.56. The molecule has 1 amide bonds. The molecule has 128 valence electrons. The lowest BCUT2D eigenvalue weighted by molar-refractivity contribution is -0.143. The standard InChI is InChI=1S/C16H24N2O3S2/c1-11(9-22)14(19)17-13(16(20)21)15(18(2)3)23-10-12-7-5-4-6-8-12/h4-8,11,13,15,22H,9-10H2,1-3H3,(H,17,19)(H,20,21)/t11-,13?,15?/m1/s1. The van der Waals surface area contributed by atoms with E-state index in [1.165, 1.54) is 11.8 Å². The Kier molecular flexibility index (Phi) is 8.51. The summed E-state index contributed by atoms with van der Waals surface area (Å²) in [6, 6.07) is 8.86. The van der Waals surface area contributed by atoms with Crippen LogP contribution in [0.1, 0.15) is 12.5 Å². The molecular weight excluding hydrogens is 332 g/mol. The summed E-state index contributed by atoms with van der Waals surface area (Å²) in [5.41, 5.74) is 1.11. The van der Waals surface area contributed by atoms with Crippen LogP contribution in [0, 0.1) is 5.92 Å². The number of carboxylic acids is 1. The lowest BCUT2D eigenvalue weighted by Crippen LogP contribution is -2.53. The van der Waals surface area contributed by atoms with E-state index in [4.69, 9.17) is 0 Å². The van der Waals surface area contributed by atoms with Gasteiger partial charge in [0.1, 0.15) is 0 Å². The molecule has 0 aliphatic carbocycles. The zero-order valence-corrected chi connectivity index (χ0v) is 15.3. The number of carbonyl (C=O) groups excluding carboxylic acids is 1. The van der Waals surface area contributed by atoms with Crippen LogP contribution in [0.25, 0.3) is 0 Å². The van der Waals surface area contributed by atoms with E-state index >= 15 is 0 Å². The molecule has 1 aromatic rings. The first-order chi connectivity index (χ1) is 10.9. The molecule has 1 rings (SSSR count). The summed E-state index contributed by atoms with van der Waals surface area (Å²) in [5, 5.41) is 11.8. The minimum Gasteiger partial charge on any atom is -0.480 e. The number of aliphatic carboxylic acids is 1. The highest BCUT2D eigenvalue weighted by atomic mass is 32.2. The number of thiol groups is 1. The number of benzene rings is 1. The van der Waals surface area contributed by atoms with E-state index in [-0.39, 0.29) is 17.2 Å². The van der Waals surface area contributed by atoms with Crippen molar-refractivity contribution < 1.29 is 14.7 Å². The molecule has 0 radical (unpaired) electrons. The van der Waals surface area contributed by atoms with Gasteiger partial charge in [0.2, 0.25) is 5.91 Å². The number of likely N-dealkylation sites (N-methyl/N-ethyl adjacent to an activating group) is 1.